The number of hydrogen-bond donors (Lipinski definition) is 3. The lowest BCUT2D eigenvalue weighted by Crippen LogP contribution is -2.24. The van der Waals surface area contributed by atoms with Gasteiger partial charge in [-0.2, -0.15) is 4.98 Å². The molecule has 0 aliphatic heterocycles. The Morgan fingerprint density at radius 2 is 1.79 bits per heavy atom. The van der Waals surface area contributed by atoms with Gasteiger partial charge in [0.25, 0.3) is 5.91 Å². The van der Waals surface area contributed by atoms with Crippen molar-refractivity contribution in [3.05, 3.63) is 60.4 Å². The van der Waals surface area contributed by atoms with Crippen LogP contribution in [0.25, 0.3) is 11.3 Å². The third kappa shape index (κ3) is 4.87. The molecule has 0 spiro atoms. The molecule has 148 valence electrons. The summed E-state index contributed by atoms with van der Waals surface area (Å²) in [5.41, 5.74) is 8.45. The van der Waals surface area contributed by atoms with E-state index in [4.69, 9.17) is 5.73 Å². The number of carbonyl (C=O) groups excluding carboxylic acids is 1. The maximum absolute atomic E-state index is 12.7. The van der Waals surface area contributed by atoms with Crippen LogP contribution in [0.4, 0.5) is 17.5 Å². The van der Waals surface area contributed by atoms with Crippen molar-refractivity contribution in [2.75, 3.05) is 16.4 Å². The maximum Gasteiger partial charge on any atom is 0.256 e. The molecular weight excluding hydrogens is 364 g/mol. The molecular formula is C22H24N6O. The minimum Gasteiger partial charge on any atom is -0.399 e. The zero-order chi connectivity index (χ0) is 20.1. The Balaban J connectivity index is 1.62. The Bertz CT molecular complexity index is 986. The van der Waals surface area contributed by atoms with Gasteiger partial charge in [0.05, 0.1) is 5.69 Å². The molecule has 0 unspecified atom stereocenters. The molecule has 29 heavy (non-hydrogen) atoms. The number of nitrogens with zero attached hydrogens (tertiary/aromatic N) is 3. The smallest absolute Gasteiger partial charge is 0.256 e. The number of carbonyl (C=O) groups is 1. The van der Waals surface area contributed by atoms with E-state index < -0.39 is 0 Å². The Hall–Kier alpha value is -3.48. The van der Waals surface area contributed by atoms with Gasteiger partial charge in [0.2, 0.25) is 5.95 Å². The average Bonchev–Trinajstić information content (AvgIpc) is 2.75. The second-order valence-corrected chi connectivity index (χ2v) is 7.26. The van der Waals surface area contributed by atoms with Gasteiger partial charge < -0.3 is 16.4 Å². The van der Waals surface area contributed by atoms with Crippen LogP contribution in [0.1, 0.15) is 42.5 Å². The molecule has 7 heteroatoms. The monoisotopic (exact) mass is 388 g/mol. The number of anilines is 3. The summed E-state index contributed by atoms with van der Waals surface area (Å²) < 4.78 is 0. The van der Waals surface area contributed by atoms with Gasteiger partial charge in [-0.25, -0.2) is 4.98 Å². The fourth-order valence-corrected chi connectivity index (χ4v) is 3.54. The lowest BCUT2D eigenvalue weighted by atomic mass is 9.96. The number of pyridine rings is 1. The summed E-state index contributed by atoms with van der Waals surface area (Å²) in [4.78, 5) is 25.9. The van der Waals surface area contributed by atoms with Gasteiger partial charge in [-0.05, 0) is 43.2 Å². The molecule has 1 aromatic carbocycles. The van der Waals surface area contributed by atoms with Crippen LogP contribution in [0.5, 0.6) is 0 Å². The van der Waals surface area contributed by atoms with Crippen molar-refractivity contribution in [1.82, 2.24) is 15.0 Å². The molecule has 1 saturated carbocycles. The highest BCUT2D eigenvalue weighted by molar-refractivity contribution is 6.04. The summed E-state index contributed by atoms with van der Waals surface area (Å²) in [5, 5.41) is 6.32. The highest BCUT2D eigenvalue weighted by atomic mass is 16.1. The fourth-order valence-electron chi connectivity index (χ4n) is 3.54. The second-order valence-electron chi connectivity index (χ2n) is 7.26. The highest BCUT2D eigenvalue weighted by Crippen LogP contribution is 2.24. The molecule has 0 radical (unpaired) electrons. The minimum absolute atomic E-state index is 0.264. The van der Waals surface area contributed by atoms with E-state index in [1.165, 1.54) is 19.3 Å². The van der Waals surface area contributed by atoms with E-state index in [9.17, 15) is 4.79 Å². The largest absolute Gasteiger partial charge is 0.399 e. The first-order valence-corrected chi connectivity index (χ1v) is 9.90. The molecule has 1 aliphatic carbocycles. The van der Waals surface area contributed by atoms with Crippen LogP contribution >= 0.6 is 0 Å². The van der Waals surface area contributed by atoms with Crippen LogP contribution in [0, 0.1) is 0 Å². The first-order chi connectivity index (χ1) is 14.2. The van der Waals surface area contributed by atoms with E-state index in [0.717, 1.165) is 24.1 Å². The molecule has 0 saturated heterocycles. The second kappa shape index (κ2) is 8.68. The third-order valence-corrected chi connectivity index (χ3v) is 5.03. The van der Waals surface area contributed by atoms with Gasteiger partial charge in [0.15, 0.2) is 0 Å². The molecule has 0 atom stereocenters. The predicted molar refractivity (Wildman–Crippen MR) is 115 cm³/mol. The summed E-state index contributed by atoms with van der Waals surface area (Å²) >= 11 is 0. The van der Waals surface area contributed by atoms with E-state index >= 15 is 0 Å². The number of amides is 1. The number of rotatable bonds is 5. The topological polar surface area (TPSA) is 106 Å². The third-order valence-electron chi connectivity index (χ3n) is 5.03. The number of nitrogens with one attached hydrogen (secondary N) is 2. The van der Waals surface area contributed by atoms with E-state index in [1.807, 2.05) is 12.1 Å². The minimum atomic E-state index is -0.264. The molecule has 4 N–H and O–H groups in total. The van der Waals surface area contributed by atoms with Gasteiger partial charge >= 0.3 is 0 Å². The molecule has 2 aromatic heterocycles. The summed E-state index contributed by atoms with van der Waals surface area (Å²) in [6.45, 7) is 0. The van der Waals surface area contributed by atoms with Crippen molar-refractivity contribution in [1.29, 1.82) is 0 Å². The summed E-state index contributed by atoms with van der Waals surface area (Å²) in [6, 6.07) is 12.8. The standard InChI is InChI=1S/C22H24N6O/c23-17-6-4-5-16(13-17)21(29)27-20-14-19(15-9-11-24-12-10-15)26-22(28-20)25-18-7-2-1-3-8-18/h4-6,9-14,18H,1-3,7-8,23H2,(H2,25,26,27,28,29). The Labute approximate surface area is 169 Å². The SMILES string of the molecule is Nc1cccc(C(=O)Nc2cc(-c3ccncc3)nc(NC3CCCCC3)n2)c1. The molecule has 1 fully saturated rings. The predicted octanol–water partition coefficient (Wildman–Crippen LogP) is 4.12. The summed E-state index contributed by atoms with van der Waals surface area (Å²) in [5.74, 6) is 0.701. The molecule has 1 amide bonds. The van der Waals surface area contributed by atoms with Crippen molar-refractivity contribution in [3.63, 3.8) is 0 Å². The number of nitrogen functional groups attached to an aromatic ring is 1. The van der Waals surface area contributed by atoms with Crippen LogP contribution < -0.4 is 16.4 Å². The summed E-state index contributed by atoms with van der Waals surface area (Å²) in [6.07, 6.45) is 9.34. The van der Waals surface area contributed by atoms with Crippen LogP contribution in [0.2, 0.25) is 0 Å². The molecule has 4 rings (SSSR count). The average molecular weight is 388 g/mol. The Morgan fingerprint density at radius 3 is 2.55 bits per heavy atom. The van der Waals surface area contributed by atoms with Crippen LogP contribution in [0.3, 0.4) is 0 Å². The van der Waals surface area contributed by atoms with E-state index in [-0.39, 0.29) is 5.91 Å². The Kier molecular flexibility index (Phi) is 5.65. The maximum atomic E-state index is 12.7. The zero-order valence-electron chi connectivity index (χ0n) is 16.1. The van der Waals surface area contributed by atoms with Gasteiger partial charge in [0, 0.05) is 41.3 Å². The normalized spacial score (nSPS) is 14.3. The van der Waals surface area contributed by atoms with Crippen molar-refractivity contribution in [2.24, 2.45) is 0 Å². The zero-order valence-corrected chi connectivity index (χ0v) is 16.1. The van der Waals surface area contributed by atoms with E-state index in [0.29, 0.717) is 29.1 Å². The Morgan fingerprint density at radius 1 is 1.00 bits per heavy atom. The van der Waals surface area contributed by atoms with E-state index in [2.05, 4.69) is 25.6 Å². The van der Waals surface area contributed by atoms with Crippen LogP contribution in [0.15, 0.2) is 54.9 Å². The van der Waals surface area contributed by atoms with Crippen LogP contribution in [-0.2, 0) is 0 Å². The lowest BCUT2D eigenvalue weighted by Gasteiger charge is -2.23. The van der Waals surface area contributed by atoms with Crippen molar-refractivity contribution in [3.8, 4) is 11.3 Å². The quantitative estimate of drug-likeness (QED) is 0.568. The molecule has 7 nitrogen and oxygen atoms in total. The van der Waals surface area contributed by atoms with Gasteiger partial charge in [0.1, 0.15) is 5.82 Å². The van der Waals surface area contributed by atoms with Crippen molar-refractivity contribution < 1.29 is 4.79 Å². The van der Waals surface area contributed by atoms with Gasteiger partial charge in [-0.1, -0.05) is 25.3 Å². The van der Waals surface area contributed by atoms with Gasteiger partial charge in [-0.3, -0.25) is 9.78 Å². The van der Waals surface area contributed by atoms with E-state index in [1.54, 1.807) is 42.7 Å². The van der Waals surface area contributed by atoms with Crippen molar-refractivity contribution in [2.45, 2.75) is 38.1 Å². The summed E-state index contributed by atoms with van der Waals surface area (Å²) in [7, 11) is 0. The van der Waals surface area contributed by atoms with Crippen LogP contribution in [-0.4, -0.2) is 26.9 Å². The number of hydrogen-bond acceptors (Lipinski definition) is 6. The lowest BCUT2D eigenvalue weighted by molar-refractivity contribution is 0.102. The number of nitrogens with two attached hydrogens (primary N) is 1. The fraction of sp³-hybridized carbons (Fsp3) is 0.273. The van der Waals surface area contributed by atoms with Crippen molar-refractivity contribution >= 4 is 23.4 Å². The number of benzene rings is 1. The molecule has 0 bridgehead atoms. The first-order valence-electron chi connectivity index (χ1n) is 9.90. The first kappa shape index (κ1) is 18.9. The number of aromatic nitrogens is 3. The molecule has 2 heterocycles. The van der Waals surface area contributed by atoms with Gasteiger partial charge in [-0.15, -0.1) is 0 Å². The highest BCUT2D eigenvalue weighted by Gasteiger charge is 2.16. The molecule has 1 aliphatic rings. The molecule has 3 aromatic rings.